The van der Waals surface area contributed by atoms with Crippen molar-refractivity contribution in [3.05, 3.63) is 30.1 Å². The number of piperidine rings is 1. The van der Waals surface area contributed by atoms with Gasteiger partial charge in [0.05, 0.1) is 13.2 Å². The van der Waals surface area contributed by atoms with E-state index in [9.17, 15) is 4.39 Å². The summed E-state index contributed by atoms with van der Waals surface area (Å²) in [4.78, 5) is 2.37. The van der Waals surface area contributed by atoms with E-state index >= 15 is 0 Å². The normalized spacial score (nSPS) is 24.3. The minimum atomic E-state index is -0.263. The predicted octanol–water partition coefficient (Wildman–Crippen LogP) is 2.29. The van der Waals surface area contributed by atoms with Crippen molar-refractivity contribution in [2.75, 3.05) is 39.5 Å². The molecule has 3 rings (SSSR count). The van der Waals surface area contributed by atoms with Crippen LogP contribution in [-0.2, 0) is 9.47 Å². The smallest absolute Gasteiger partial charge is 0.161 e. The molecule has 2 aliphatic rings. The van der Waals surface area contributed by atoms with Crippen molar-refractivity contribution in [2.24, 2.45) is 5.92 Å². The van der Waals surface area contributed by atoms with E-state index in [1.807, 2.05) is 0 Å². The highest BCUT2D eigenvalue weighted by molar-refractivity contribution is 5.22. The third-order valence-corrected chi connectivity index (χ3v) is 4.05. The number of halogens is 1. The van der Waals surface area contributed by atoms with Gasteiger partial charge in [0, 0.05) is 25.1 Å². The van der Waals surface area contributed by atoms with Crippen molar-refractivity contribution < 1.29 is 18.6 Å². The molecule has 0 spiro atoms. The van der Waals surface area contributed by atoms with Gasteiger partial charge in [-0.2, -0.15) is 0 Å². The van der Waals surface area contributed by atoms with Gasteiger partial charge in [-0.05, 0) is 31.5 Å². The van der Waals surface area contributed by atoms with Gasteiger partial charge in [-0.1, -0.05) is 6.07 Å². The van der Waals surface area contributed by atoms with E-state index in [0.717, 1.165) is 32.5 Å². The van der Waals surface area contributed by atoms with Gasteiger partial charge in [0.2, 0.25) is 0 Å². The molecule has 4 nitrogen and oxygen atoms in total. The Kier molecular flexibility index (Phi) is 5.06. The number of nitrogens with zero attached hydrogens (tertiary/aromatic N) is 1. The molecule has 0 amide bonds. The first-order valence-corrected chi connectivity index (χ1v) is 7.65. The number of likely N-dealkylation sites (tertiary alicyclic amines) is 1. The van der Waals surface area contributed by atoms with Crippen molar-refractivity contribution in [1.29, 1.82) is 0 Å². The number of hydrogen-bond donors (Lipinski definition) is 0. The Morgan fingerprint density at radius 2 is 2.14 bits per heavy atom. The summed E-state index contributed by atoms with van der Waals surface area (Å²) in [6.07, 6.45) is 2.29. The van der Waals surface area contributed by atoms with E-state index in [-0.39, 0.29) is 12.1 Å². The summed E-state index contributed by atoms with van der Waals surface area (Å²) in [5.74, 6) is 0.780. The van der Waals surface area contributed by atoms with Gasteiger partial charge in [0.25, 0.3) is 0 Å². The molecule has 0 bridgehead atoms. The molecule has 2 saturated heterocycles. The Bertz CT molecular complexity index is 451. The summed E-state index contributed by atoms with van der Waals surface area (Å²) in [6, 6.07) is 6.28. The predicted molar refractivity (Wildman–Crippen MR) is 76.8 cm³/mol. The maximum Gasteiger partial charge on any atom is 0.161 e. The van der Waals surface area contributed by atoms with Crippen LogP contribution in [0.3, 0.4) is 0 Å². The molecular weight excluding hydrogens is 273 g/mol. The third-order valence-electron chi connectivity index (χ3n) is 4.05. The van der Waals surface area contributed by atoms with Crippen LogP contribution in [0.15, 0.2) is 24.3 Å². The summed E-state index contributed by atoms with van der Waals surface area (Å²) in [7, 11) is 0. The average molecular weight is 295 g/mol. The van der Waals surface area contributed by atoms with E-state index in [1.54, 1.807) is 12.1 Å². The molecule has 1 atom stereocenters. The Morgan fingerprint density at radius 3 is 2.95 bits per heavy atom. The molecule has 0 N–H and O–H groups in total. The van der Waals surface area contributed by atoms with Crippen LogP contribution in [0.4, 0.5) is 4.39 Å². The highest BCUT2D eigenvalue weighted by atomic mass is 19.1. The second kappa shape index (κ2) is 7.20. The lowest BCUT2D eigenvalue weighted by molar-refractivity contribution is -0.100. The van der Waals surface area contributed by atoms with Crippen molar-refractivity contribution >= 4 is 0 Å². The average Bonchev–Trinajstić information content (AvgIpc) is 3.02. The molecular formula is C16H22FNO3. The summed E-state index contributed by atoms with van der Waals surface area (Å²) < 4.78 is 29.9. The van der Waals surface area contributed by atoms with Gasteiger partial charge in [0.1, 0.15) is 18.2 Å². The van der Waals surface area contributed by atoms with Crippen LogP contribution < -0.4 is 4.74 Å². The quantitative estimate of drug-likeness (QED) is 0.834. The number of hydrogen-bond acceptors (Lipinski definition) is 4. The van der Waals surface area contributed by atoms with Crippen LogP contribution in [0, 0.1) is 11.7 Å². The molecule has 1 aromatic rings. The zero-order valence-electron chi connectivity index (χ0n) is 12.2. The first-order valence-electron chi connectivity index (χ1n) is 7.65. The van der Waals surface area contributed by atoms with Crippen LogP contribution in [0.25, 0.3) is 0 Å². The van der Waals surface area contributed by atoms with E-state index < -0.39 is 0 Å². The maximum absolute atomic E-state index is 13.1. The lowest BCUT2D eigenvalue weighted by Gasteiger charge is -2.34. The Morgan fingerprint density at radius 1 is 1.29 bits per heavy atom. The van der Waals surface area contributed by atoms with E-state index in [2.05, 4.69) is 4.90 Å². The summed E-state index contributed by atoms with van der Waals surface area (Å²) in [6.45, 7) is 4.91. The maximum atomic E-state index is 13.1. The van der Waals surface area contributed by atoms with Crippen molar-refractivity contribution in [3.63, 3.8) is 0 Å². The second-order valence-corrected chi connectivity index (χ2v) is 5.62. The van der Waals surface area contributed by atoms with Crippen LogP contribution in [0.2, 0.25) is 0 Å². The molecule has 21 heavy (non-hydrogen) atoms. The molecule has 2 aliphatic heterocycles. The van der Waals surface area contributed by atoms with Gasteiger partial charge < -0.3 is 14.2 Å². The molecule has 2 fully saturated rings. The number of ether oxygens (including phenoxy) is 3. The highest BCUT2D eigenvalue weighted by Gasteiger charge is 2.30. The van der Waals surface area contributed by atoms with Crippen LogP contribution in [0.1, 0.15) is 12.8 Å². The molecule has 0 saturated carbocycles. The fourth-order valence-corrected chi connectivity index (χ4v) is 3.01. The third kappa shape index (κ3) is 4.15. The molecule has 1 aromatic carbocycles. The lowest BCUT2D eigenvalue weighted by Crippen LogP contribution is -2.42. The SMILES string of the molecule is Fc1cccc(OCCN2CCC[C@H](C3OCCO3)C2)c1. The fourth-order valence-electron chi connectivity index (χ4n) is 3.01. The van der Waals surface area contributed by atoms with Crippen molar-refractivity contribution in [2.45, 2.75) is 19.1 Å². The minimum Gasteiger partial charge on any atom is -0.492 e. The molecule has 0 aliphatic carbocycles. The number of rotatable bonds is 5. The van der Waals surface area contributed by atoms with Gasteiger partial charge in [-0.25, -0.2) is 4.39 Å². The molecule has 0 unspecified atom stereocenters. The number of benzene rings is 1. The molecule has 116 valence electrons. The van der Waals surface area contributed by atoms with Gasteiger partial charge in [-0.15, -0.1) is 0 Å². The van der Waals surface area contributed by atoms with Crippen LogP contribution >= 0.6 is 0 Å². The molecule has 0 radical (unpaired) electrons. The molecule has 5 heteroatoms. The first kappa shape index (κ1) is 14.8. The van der Waals surface area contributed by atoms with Gasteiger partial charge in [-0.3, -0.25) is 4.90 Å². The fraction of sp³-hybridized carbons (Fsp3) is 0.625. The highest BCUT2D eigenvalue weighted by Crippen LogP contribution is 2.24. The topological polar surface area (TPSA) is 30.9 Å². The van der Waals surface area contributed by atoms with E-state index in [4.69, 9.17) is 14.2 Å². The summed E-state index contributed by atoms with van der Waals surface area (Å²) >= 11 is 0. The van der Waals surface area contributed by atoms with Crippen molar-refractivity contribution in [3.8, 4) is 5.75 Å². The summed E-state index contributed by atoms with van der Waals surface area (Å²) in [5, 5.41) is 0. The van der Waals surface area contributed by atoms with Gasteiger partial charge >= 0.3 is 0 Å². The Labute approximate surface area is 124 Å². The van der Waals surface area contributed by atoms with E-state index in [0.29, 0.717) is 31.5 Å². The Hall–Kier alpha value is -1.17. The lowest BCUT2D eigenvalue weighted by atomic mass is 9.97. The zero-order valence-corrected chi connectivity index (χ0v) is 12.2. The molecule has 2 heterocycles. The monoisotopic (exact) mass is 295 g/mol. The minimum absolute atomic E-state index is 0.0306. The molecule has 0 aromatic heterocycles. The van der Waals surface area contributed by atoms with Gasteiger partial charge in [0.15, 0.2) is 6.29 Å². The first-order chi connectivity index (χ1) is 10.3. The Balaban J connectivity index is 1.42. The van der Waals surface area contributed by atoms with Crippen LogP contribution in [-0.4, -0.2) is 50.6 Å². The zero-order chi connectivity index (χ0) is 14.5. The largest absolute Gasteiger partial charge is 0.492 e. The second-order valence-electron chi connectivity index (χ2n) is 5.62. The van der Waals surface area contributed by atoms with Crippen molar-refractivity contribution in [1.82, 2.24) is 4.90 Å². The summed E-state index contributed by atoms with van der Waals surface area (Å²) in [5.41, 5.74) is 0. The standard InChI is InChI=1S/C16H22FNO3/c17-14-4-1-5-15(11-14)19-8-7-18-6-2-3-13(12-18)16-20-9-10-21-16/h1,4-5,11,13,16H,2-3,6-10,12H2/t13-/m0/s1. The van der Waals surface area contributed by atoms with Crippen LogP contribution in [0.5, 0.6) is 5.75 Å². The van der Waals surface area contributed by atoms with E-state index in [1.165, 1.54) is 12.1 Å².